The van der Waals surface area contributed by atoms with Gasteiger partial charge in [-0.1, -0.05) is 18.2 Å². The van der Waals surface area contributed by atoms with Crippen LogP contribution in [0.5, 0.6) is 0 Å². The average molecular weight is 587 g/mol. The fraction of sp³-hybridized carbons (Fsp3) is 0.286. The van der Waals surface area contributed by atoms with Crippen LogP contribution >= 0.6 is 0 Å². The van der Waals surface area contributed by atoms with Crippen LogP contribution in [-0.4, -0.2) is 72.6 Å². The van der Waals surface area contributed by atoms with Crippen LogP contribution < -0.4 is 10.5 Å². The minimum Gasteiger partial charge on any atom is -0.382 e. The van der Waals surface area contributed by atoms with E-state index in [0.29, 0.717) is 41.0 Å². The van der Waals surface area contributed by atoms with E-state index in [9.17, 15) is 18.4 Å². The van der Waals surface area contributed by atoms with Crippen molar-refractivity contribution in [2.75, 3.05) is 12.0 Å². The van der Waals surface area contributed by atoms with Gasteiger partial charge >= 0.3 is 0 Å². The van der Waals surface area contributed by atoms with Crippen LogP contribution in [0, 0.1) is 0 Å². The first-order valence-corrected chi connectivity index (χ1v) is 15.5. The molecule has 2 bridgehead atoms. The van der Waals surface area contributed by atoms with Crippen LogP contribution in [0.1, 0.15) is 47.9 Å². The molecule has 1 amide bonds. The van der Waals surface area contributed by atoms with E-state index in [0.717, 1.165) is 29.4 Å². The Kier molecular flexibility index (Phi) is 5.97. The number of anilines is 1. The van der Waals surface area contributed by atoms with Gasteiger partial charge < -0.3 is 10.6 Å². The number of aromatic amines is 1. The number of aromatic nitrogens is 7. The van der Waals surface area contributed by atoms with Crippen LogP contribution in [0.15, 0.2) is 66.1 Å². The second-order valence-corrected chi connectivity index (χ2v) is 12.8. The van der Waals surface area contributed by atoms with Gasteiger partial charge in [-0.15, -0.1) is 0 Å². The highest BCUT2D eigenvalue weighted by molar-refractivity contribution is 7.91. The zero-order valence-electron chi connectivity index (χ0n) is 22.6. The topological polar surface area (TPSA) is 176 Å². The van der Waals surface area contributed by atoms with Crippen LogP contribution in [0.4, 0.5) is 5.82 Å². The van der Waals surface area contributed by atoms with Crippen LogP contribution in [-0.2, 0) is 9.84 Å². The molecule has 4 N–H and O–H groups in total. The molecule has 13 nitrogen and oxygen atoms in total. The van der Waals surface area contributed by atoms with Crippen molar-refractivity contribution in [3.05, 3.63) is 72.7 Å². The Morgan fingerprint density at radius 1 is 1.10 bits per heavy atom. The predicted octanol–water partition coefficient (Wildman–Crippen LogP) is 2.24. The number of fused-ring (bicyclic) bond motifs is 3. The normalized spacial score (nSPS) is 20.3. The van der Waals surface area contributed by atoms with Crippen molar-refractivity contribution >= 4 is 27.2 Å². The van der Waals surface area contributed by atoms with Gasteiger partial charge in [0, 0.05) is 35.1 Å². The summed E-state index contributed by atoms with van der Waals surface area (Å²) in [6.07, 6.45) is 8.22. The van der Waals surface area contributed by atoms with E-state index in [4.69, 9.17) is 10.7 Å². The van der Waals surface area contributed by atoms with E-state index in [1.54, 1.807) is 18.5 Å². The van der Waals surface area contributed by atoms with Gasteiger partial charge in [-0.3, -0.25) is 15.1 Å². The summed E-state index contributed by atoms with van der Waals surface area (Å²) >= 11 is 0. The third-order valence-corrected chi connectivity index (χ3v) is 9.48. The molecule has 1 unspecified atom stereocenters. The smallest absolute Gasteiger partial charge is 0.291 e. The predicted molar refractivity (Wildman–Crippen MR) is 150 cm³/mol. The maximum atomic E-state index is 13.2. The minimum absolute atomic E-state index is 0.0194. The number of carbonyl (C=O) groups is 1. The number of hydrogen-bond acceptors (Lipinski definition) is 9. The van der Waals surface area contributed by atoms with Crippen molar-refractivity contribution in [3.63, 3.8) is 0 Å². The highest BCUT2D eigenvalue weighted by Crippen LogP contribution is 2.45. The second-order valence-electron chi connectivity index (χ2n) is 10.9. The van der Waals surface area contributed by atoms with Gasteiger partial charge in [-0.05, 0) is 43.9 Å². The van der Waals surface area contributed by atoms with E-state index in [-0.39, 0.29) is 40.4 Å². The summed E-state index contributed by atoms with van der Waals surface area (Å²) in [5.41, 5.74) is 9.93. The first-order valence-electron chi connectivity index (χ1n) is 13.6. The zero-order valence-corrected chi connectivity index (χ0v) is 23.4. The molecule has 2 fully saturated rings. The largest absolute Gasteiger partial charge is 0.382 e. The molecule has 14 heteroatoms. The standard InChI is InChI=1S/C28H27N9O4S/c1-42(40,41)24-23(18-11-19-8-9-20(12-18)36(19)28(38)26-30-15-31-34-26)33-27-21(13-32-37(27)25(24)29)17-7-10-22(35(39)14-17)16-5-3-2-4-6-16/h2-7,10,13-15,18-20H,8-9,11-12H2,1H3,(H3-,29,30,31,32,33,34,38,39)/p+1/t18?,19-,20+. The molecule has 7 rings (SSSR count). The average Bonchev–Trinajstić information content (AvgIpc) is 3.71. The van der Waals surface area contributed by atoms with Crippen molar-refractivity contribution < 1.29 is 23.1 Å². The summed E-state index contributed by atoms with van der Waals surface area (Å²) in [5.74, 6) is -0.286. The molecule has 4 aromatic heterocycles. The molecule has 5 aromatic rings. The lowest BCUT2D eigenvalue weighted by molar-refractivity contribution is -0.895. The number of nitrogens with two attached hydrogens (primary N) is 1. The first-order chi connectivity index (χ1) is 20.2. The first kappa shape index (κ1) is 26.1. The molecule has 6 heterocycles. The van der Waals surface area contributed by atoms with E-state index in [1.165, 1.54) is 10.8 Å². The third-order valence-electron chi connectivity index (χ3n) is 8.32. The van der Waals surface area contributed by atoms with Crippen molar-refractivity contribution in [2.24, 2.45) is 0 Å². The molecular formula is C28H28N9O4S+. The van der Waals surface area contributed by atoms with Crippen LogP contribution in [0.25, 0.3) is 28.0 Å². The number of nitrogen functional groups attached to an aromatic ring is 1. The molecule has 42 heavy (non-hydrogen) atoms. The molecule has 2 aliphatic rings. The third kappa shape index (κ3) is 4.17. The number of carbonyl (C=O) groups excluding carboxylic acids is 1. The Balaban J connectivity index is 1.30. The molecule has 0 radical (unpaired) electrons. The number of piperidine rings is 1. The Labute approximate surface area is 240 Å². The van der Waals surface area contributed by atoms with Gasteiger partial charge in [0.15, 0.2) is 15.5 Å². The summed E-state index contributed by atoms with van der Waals surface area (Å²) in [6.45, 7) is 0. The number of nitrogens with zero attached hydrogens (tertiary/aromatic N) is 7. The summed E-state index contributed by atoms with van der Waals surface area (Å²) in [4.78, 5) is 23.9. The van der Waals surface area contributed by atoms with E-state index >= 15 is 0 Å². The maximum absolute atomic E-state index is 13.2. The number of sulfone groups is 1. The maximum Gasteiger partial charge on any atom is 0.291 e. The van der Waals surface area contributed by atoms with Crippen LogP contribution in [0.3, 0.4) is 0 Å². The molecule has 3 atom stereocenters. The zero-order chi connectivity index (χ0) is 29.2. The molecule has 0 aliphatic carbocycles. The van der Waals surface area contributed by atoms with Gasteiger partial charge in [0.1, 0.15) is 17.0 Å². The monoisotopic (exact) mass is 586 g/mol. The van der Waals surface area contributed by atoms with Gasteiger partial charge in [0.2, 0.25) is 12.0 Å². The molecule has 0 saturated carbocycles. The van der Waals surface area contributed by atoms with E-state index in [1.807, 2.05) is 41.3 Å². The summed E-state index contributed by atoms with van der Waals surface area (Å²) in [6, 6.07) is 12.9. The Hall–Kier alpha value is -4.85. The number of rotatable bonds is 5. The lowest BCUT2D eigenvalue weighted by Gasteiger charge is -2.38. The highest BCUT2D eigenvalue weighted by atomic mass is 32.2. The lowest BCUT2D eigenvalue weighted by Crippen LogP contribution is -2.46. The number of H-pyrrole nitrogens is 1. The number of benzene rings is 1. The Bertz CT molecular complexity index is 1930. The SMILES string of the molecule is CS(=O)(=O)c1c(C2C[C@H]3CC[C@@H](C2)N3C(=O)c2ncn[nH]2)nc2c(-c3ccc(-c4ccccc4)[n+](O)c3)cnn2c1N. The Morgan fingerprint density at radius 2 is 1.83 bits per heavy atom. The highest BCUT2D eigenvalue weighted by Gasteiger charge is 2.46. The summed E-state index contributed by atoms with van der Waals surface area (Å²) < 4.78 is 28.5. The fourth-order valence-corrected chi connectivity index (χ4v) is 7.59. The minimum atomic E-state index is -3.78. The number of hydrogen-bond donors (Lipinski definition) is 3. The quantitative estimate of drug-likeness (QED) is 0.206. The summed E-state index contributed by atoms with van der Waals surface area (Å²) in [7, 11) is -3.78. The van der Waals surface area contributed by atoms with Gasteiger partial charge in [-0.2, -0.15) is 14.7 Å². The molecular weight excluding hydrogens is 558 g/mol. The number of amides is 1. The van der Waals surface area contributed by atoms with E-state index in [2.05, 4.69) is 20.3 Å². The van der Waals surface area contributed by atoms with Crippen molar-refractivity contribution in [1.82, 2.24) is 34.7 Å². The molecule has 2 saturated heterocycles. The molecule has 214 valence electrons. The molecule has 0 spiro atoms. The number of nitrogens with one attached hydrogen (secondary N) is 1. The lowest BCUT2D eigenvalue weighted by atomic mass is 9.87. The Morgan fingerprint density at radius 3 is 2.48 bits per heavy atom. The molecule has 2 aliphatic heterocycles. The van der Waals surface area contributed by atoms with Gasteiger partial charge in [-0.25, -0.2) is 18.4 Å². The number of pyridine rings is 1. The fourth-order valence-electron chi connectivity index (χ4n) is 6.53. The van der Waals surface area contributed by atoms with Gasteiger partial charge in [0.25, 0.3) is 11.6 Å². The van der Waals surface area contributed by atoms with E-state index < -0.39 is 9.84 Å². The summed E-state index contributed by atoms with van der Waals surface area (Å²) in [5, 5.41) is 21.6. The van der Waals surface area contributed by atoms with Crippen LogP contribution in [0.2, 0.25) is 0 Å². The van der Waals surface area contributed by atoms with Crippen molar-refractivity contribution in [3.8, 4) is 22.4 Å². The molecule has 1 aromatic carbocycles. The van der Waals surface area contributed by atoms with Crippen molar-refractivity contribution in [1.29, 1.82) is 0 Å². The second kappa shape index (κ2) is 9.62. The van der Waals surface area contributed by atoms with Gasteiger partial charge in [0.05, 0.1) is 28.6 Å². The van der Waals surface area contributed by atoms with Crippen molar-refractivity contribution in [2.45, 2.75) is 48.6 Å².